The summed E-state index contributed by atoms with van der Waals surface area (Å²) in [6.07, 6.45) is 3.82. The predicted molar refractivity (Wildman–Crippen MR) is 93.8 cm³/mol. The molecule has 2 unspecified atom stereocenters. The highest BCUT2D eigenvalue weighted by atomic mass is 35.5. The van der Waals surface area contributed by atoms with Gasteiger partial charge in [-0.2, -0.15) is 0 Å². The second-order valence-electron chi connectivity index (χ2n) is 5.98. The number of amides is 2. The van der Waals surface area contributed by atoms with E-state index >= 15 is 0 Å². The number of piperidine rings is 1. The summed E-state index contributed by atoms with van der Waals surface area (Å²) in [5, 5.41) is 6.05. The maximum atomic E-state index is 12.3. The largest absolute Gasteiger partial charge is 0.383 e. The van der Waals surface area contributed by atoms with E-state index in [0.29, 0.717) is 26.2 Å². The molecule has 0 spiro atoms. The number of unbranched alkanes of at least 4 members (excludes halogenated alkanes) is 1. The second kappa shape index (κ2) is 12.6. The molecule has 0 radical (unpaired) electrons. The van der Waals surface area contributed by atoms with Crippen LogP contribution < -0.4 is 10.6 Å². The summed E-state index contributed by atoms with van der Waals surface area (Å²) in [6, 6.07) is 0.205. The van der Waals surface area contributed by atoms with Crippen molar-refractivity contribution in [1.29, 1.82) is 0 Å². The van der Waals surface area contributed by atoms with Crippen molar-refractivity contribution in [2.45, 2.75) is 45.6 Å². The molecule has 6 nitrogen and oxygen atoms in total. The van der Waals surface area contributed by atoms with E-state index in [1.54, 1.807) is 7.11 Å². The van der Waals surface area contributed by atoms with Crippen LogP contribution in [-0.2, 0) is 14.3 Å². The first-order chi connectivity index (χ1) is 10.6. The Balaban J connectivity index is 0.00000484. The molecule has 0 aromatic carbocycles. The summed E-state index contributed by atoms with van der Waals surface area (Å²) < 4.78 is 4.95. The van der Waals surface area contributed by atoms with Crippen molar-refractivity contribution in [1.82, 2.24) is 15.5 Å². The van der Waals surface area contributed by atoms with Gasteiger partial charge in [-0.25, -0.2) is 0 Å². The van der Waals surface area contributed by atoms with Gasteiger partial charge < -0.3 is 20.3 Å². The minimum absolute atomic E-state index is 0. The summed E-state index contributed by atoms with van der Waals surface area (Å²) in [4.78, 5) is 26.3. The minimum atomic E-state index is -0.0732. The number of halogens is 1. The molecule has 23 heavy (non-hydrogen) atoms. The molecule has 136 valence electrons. The van der Waals surface area contributed by atoms with E-state index in [9.17, 15) is 9.59 Å². The van der Waals surface area contributed by atoms with Crippen molar-refractivity contribution in [2.24, 2.45) is 5.92 Å². The fourth-order valence-corrected chi connectivity index (χ4v) is 2.67. The third kappa shape index (κ3) is 7.99. The van der Waals surface area contributed by atoms with Gasteiger partial charge in [0, 0.05) is 32.8 Å². The molecular weight excluding hydrogens is 318 g/mol. The highest BCUT2D eigenvalue weighted by molar-refractivity contribution is 5.85. The molecule has 1 aliphatic rings. The van der Waals surface area contributed by atoms with E-state index in [4.69, 9.17) is 4.74 Å². The van der Waals surface area contributed by atoms with Crippen molar-refractivity contribution in [3.05, 3.63) is 0 Å². The smallest absolute Gasteiger partial charge is 0.236 e. The highest BCUT2D eigenvalue weighted by Gasteiger charge is 2.32. The number of methoxy groups -OCH3 is 1. The van der Waals surface area contributed by atoms with Gasteiger partial charge >= 0.3 is 0 Å². The van der Waals surface area contributed by atoms with E-state index in [-0.39, 0.29) is 36.2 Å². The number of hydrogen-bond acceptors (Lipinski definition) is 4. The average molecular weight is 350 g/mol. The standard InChI is InChI=1S/C16H31N3O3.ClH/c1-4-5-8-18-16(21)14-7-6-13(2)19(12-14)15(20)11-17-9-10-22-3;/h13-14,17H,4-12H2,1-3H3,(H,18,21);1H. The van der Waals surface area contributed by atoms with E-state index in [0.717, 1.165) is 32.2 Å². The van der Waals surface area contributed by atoms with Crippen molar-refractivity contribution >= 4 is 24.2 Å². The number of nitrogens with one attached hydrogen (secondary N) is 2. The Morgan fingerprint density at radius 2 is 2.00 bits per heavy atom. The Labute approximate surface area is 146 Å². The van der Waals surface area contributed by atoms with Crippen LogP contribution in [0.3, 0.4) is 0 Å². The molecule has 2 atom stereocenters. The zero-order valence-corrected chi connectivity index (χ0v) is 15.4. The van der Waals surface area contributed by atoms with Crippen LogP contribution in [0.2, 0.25) is 0 Å². The van der Waals surface area contributed by atoms with Gasteiger partial charge in [-0.15, -0.1) is 12.4 Å². The number of carbonyl (C=O) groups is 2. The lowest BCUT2D eigenvalue weighted by molar-refractivity contribution is -0.137. The number of hydrogen-bond donors (Lipinski definition) is 2. The highest BCUT2D eigenvalue weighted by Crippen LogP contribution is 2.22. The Morgan fingerprint density at radius 1 is 1.26 bits per heavy atom. The fourth-order valence-electron chi connectivity index (χ4n) is 2.67. The molecule has 1 fully saturated rings. The first-order valence-corrected chi connectivity index (χ1v) is 8.37. The summed E-state index contributed by atoms with van der Waals surface area (Å²) in [5.74, 6) is 0.0798. The molecular formula is C16H32ClN3O3. The average Bonchev–Trinajstić information content (AvgIpc) is 2.52. The number of ether oxygens (including phenoxy) is 1. The lowest BCUT2D eigenvalue weighted by Gasteiger charge is -2.37. The quantitative estimate of drug-likeness (QED) is 0.613. The van der Waals surface area contributed by atoms with Crippen molar-refractivity contribution in [2.75, 3.05) is 39.9 Å². The van der Waals surface area contributed by atoms with Gasteiger partial charge in [0.15, 0.2) is 0 Å². The molecule has 0 aromatic heterocycles. The van der Waals surface area contributed by atoms with Crippen LogP contribution >= 0.6 is 12.4 Å². The third-order valence-electron chi connectivity index (χ3n) is 4.16. The van der Waals surface area contributed by atoms with E-state index in [1.165, 1.54) is 0 Å². The number of carbonyl (C=O) groups excluding carboxylic acids is 2. The lowest BCUT2D eigenvalue weighted by atomic mass is 9.92. The van der Waals surface area contributed by atoms with E-state index in [1.807, 2.05) is 4.90 Å². The van der Waals surface area contributed by atoms with Gasteiger partial charge in [0.25, 0.3) is 0 Å². The second-order valence-corrected chi connectivity index (χ2v) is 5.98. The monoisotopic (exact) mass is 349 g/mol. The number of rotatable bonds is 9. The van der Waals surface area contributed by atoms with Crippen LogP contribution in [0.4, 0.5) is 0 Å². The summed E-state index contributed by atoms with van der Waals surface area (Å²) >= 11 is 0. The molecule has 2 N–H and O–H groups in total. The minimum Gasteiger partial charge on any atom is -0.383 e. The first-order valence-electron chi connectivity index (χ1n) is 8.37. The molecule has 1 heterocycles. The van der Waals surface area contributed by atoms with Crippen LogP contribution in [0, 0.1) is 5.92 Å². The van der Waals surface area contributed by atoms with Gasteiger partial charge in [0.1, 0.15) is 0 Å². The zero-order chi connectivity index (χ0) is 16.4. The maximum absolute atomic E-state index is 12.3. The van der Waals surface area contributed by atoms with E-state index in [2.05, 4.69) is 24.5 Å². The Bertz CT molecular complexity index is 355. The Hall–Kier alpha value is -0.850. The van der Waals surface area contributed by atoms with Gasteiger partial charge in [-0.05, 0) is 26.2 Å². The summed E-state index contributed by atoms with van der Waals surface area (Å²) in [5.41, 5.74) is 0. The topological polar surface area (TPSA) is 70.7 Å². The molecule has 1 aliphatic heterocycles. The maximum Gasteiger partial charge on any atom is 0.236 e. The van der Waals surface area contributed by atoms with Crippen LogP contribution in [0.5, 0.6) is 0 Å². The van der Waals surface area contributed by atoms with Crippen LogP contribution in [0.25, 0.3) is 0 Å². The molecule has 2 amide bonds. The van der Waals surface area contributed by atoms with Crippen LogP contribution in [-0.4, -0.2) is 62.7 Å². The lowest BCUT2D eigenvalue weighted by Crippen LogP contribution is -2.51. The Kier molecular flexibility index (Phi) is 12.1. The molecule has 1 rings (SSSR count). The van der Waals surface area contributed by atoms with Gasteiger partial charge in [-0.1, -0.05) is 13.3 Å². The SMILES string of the molecule is CCCCNC(=O)C1CCC(C)N(C(=O)CNCCOC)C1.Cl. The summed E-state index contributed by atoms with van der Waals surface area (Å²) in [6.45, 7) is 6.97. The first kappa shape index (κ1) is 22.1. The third-order valence-corrected chi connectivity index (χ3v) is 4.16. The van der Waals surface area contributed by atoms with Gasteiger partial charge in [0.05, 0.1) is 19.1 Å². The van der Waals surface area contributed by atoms with Gasteiger partial charge in [-0.3, -0.25) is 9.59 Å². The van der Waals surface area contributed by atoms with E-state index < -0.39 is 0 Å². The number of likely N-dealkylation sites (tertiary alicyclic amines) is 1. The predicted octanol–water partition coefficient (Wildman–Crippen LogP) is 1.19. The van der Waals surface area contributed by atoms with Crippen LogP contribution in [0.15, 0.2) is 0 Å². The number of nitrogens with zero attached hydrogens (tertiary/aromatic N) is 1. The van der Waals surface area contributed by atoms with Crippen molar-refractivity contribution in [3.8, 4) is 0 Å². The fraction of sp³-hybridized carbons (Fsp3) is 0.875. The molecule has 1 saturated heterocycles. The van der Waals surface area contributed by atoms with Gasteiger partial charge in [0.2, 0.25) is 11.8 Å². The normalized spacial score (nSPS) is 20.7. The molecule has 0 aliphatic carbocycles. The molecule has 0 saturated carbocycles. The Morgan fingerprint density at radius 3 is 2.65 bits per heavy atom. The van der Waals surface area contributed by atoms with Crippen molar-refractivity contribution < 1.29 is 14.3 Å². The molecule has 0 aromatic rings. The zero-order valence-electron chi connectivity index (χ0n) is 14.6. The van der Waals surface area contributed by atoms with Crippen molar-refractivity contribution in [3.63, 3.8) is 0 Å². The molecule has 0 bridgehead atoms. The van der Waals surface area contributed by atoms with Crippen LogP contribution in [0.1, 0.15) is 39.5 Å². The summed E-state index contributed by atoms with van der Waals surface area (Å²) in [7, 11) is 1.64. The molecule has 7 heteroatoms.